The minimum absolute atomic E-state index is 0.294. The second kappa shape index (κ2) is 3.16. The first-order valence-electron chi connectivity index (χ1n) is 2.94. The Labute approximate surface area is 90.4 Å². The Morgan fingerprint density at radius 3 is 2.09 bits per heavy atom. The number of hydrogen-bond acceptors (Lipinski definition) is 0. The molecule has 0 heterocycles. The van der Waals surface area contributed by atoms with Crippen molar-refractivity contribution < 1.29 is 0 Å². The van der Waals surface area contributed by atoms with Crippen molar-refractivity contribution in [2.45, 2.75) is 21.5 Å². The zero-order chi connectivity index (χ0) is 8.70. The lowest BCUT2D eigenvalue weighted by Crippen LogP contribution is -2.28. The summed E-state index contributed by atoms with van der Waals surface area (Å²) in [6.45, 7) is 0. The van der Waals surface area contributed by atoms with Crippen molar-refractivity contribution in [3.05, 3.63) is 11.1 Å². The van der Waals surface area contributed by atoms with Crippen LogP contribution in [0.25, 0.3) is 0 Å². The lowest BCUT2D eigenvalue weighted by atomic mass is 10.1. The molecular formula is C6H5Cl5. The molecule has 5 heteroatoms. The van der Waals surface area contributed by atoms with Gasteiger partial charge in [0, 0.05) is 17.9 Å². The first-order valence-corrected chi connectivity index (χ1v) is 4.83. The van der Waals surface area contributed by atoms with E-state index >= 15 is 0 Å². The fraction of sp³-hybridized carbons (Fsp3) is 0.667. The lowest BCUT2D eigenvalue weighted by Gasteiger charge is -2.30. The molecule has 1 rings (SSSR count). The van der Waals surface area contributed by atoms with Gasteiger partial charge >= 0.3 is 0 Å². The van der Waals surface area contributed by atoms with Crippen LogP contribution in [0.3, 0.4) is 0 Å². The van der Waals surface area contributed by atoms with Crippen molar-refractivity contribution in [3.63, 3.8) is 0 Å². The molecule has 0 unspecified atom stereocenters. The van der Waals surface area contributed by atoms with Crippen LogP contribution >= 0.6 is 58.0 Å². The van der Waals surface area contributed by atoms with Gasteiger partial charge in [-0.1, -0.05) is 34.8 Å². The van der Waals surface area contributed by atoms with E-state index in [4.69, 9.17) is 58.0 Å². The SMILES string of the molecule is ClC1=CC(Cl)(Cl)CC(Cl)(Cl)C1. The van der Waals surface area contributed by atoms with Gasteiger partial charge in [0.25, 0.3) is 0 Å². The topological polar surface area (TPSA) is 0 Å². The zero-order valence-corrected chi connectivity index (χ0v) is 9.16. The highest BCUT2D eigenvalue weighted by molar-refractivity contribution is 6.54. The largest absolute Gasteiger partial charge is 0.140 e. The van der Waals surface area contributed by atoms with Gasteiger partial charge in [0.15, 0.2) is 0 Å². The Kier molecular flexibility index (Phi) is 2.95. The summed E-state index contributed by atoms with van der Waals surface area (Å²) in [5.74, 6) is 0. The minimum Gasteiger partial charge on any atom is -0.101 e. The third-order valence-corrected chi connectivity index (χ3v) is 2.55. The van der Waals surface area contributed by atoms with E-state index in [0.717, 1.165) is 0 Å². The first-order chi connectivity index (χ1) is 4.81. The monoisotopic (exact) mass is 252 g/mol. The number of hydrogen-bond donors (Lipinski definition) is 0. The van der Waals surface area contributed by atoms with Crippen LogP contribution in [0.15, 0.2) is 11.1 Å². The summed E-state index contributed by atoms with van der Waals surface area (Å²) < 4.78 is -1.96. The Bertz CT molecular complexity index is 193. The predicted octanol–water partition coefficient (Wildman–Crippen LogP) is 4.25. The first kappa shape index (κ1) is 10.3. The summed E-state index contributed by atoms with van der Waals surface area (Å²) in [4.78, 5) is 0. The summed E-state index contributed by atoms with van der Waals surface area (Å²) in [5, 5.41) is 0.506. The van der Waals surface area contributed by atoms with E-state index in [0.29, 0.717) is 17.9 Å². The molecule has 1 aliphatic carbocycles. The van der Waals surface area contributed by atoms with Gasteiger partial charge in [0.05, 0.1) is 0 Å². The Balaban J connectivity index is 2.86. The molecule has 0 fully saturated rings. The van der Waals surface area contributed by atoms with Crippen LogP contribution in [0.2, 0.25) is 0 Å². The van der Waals surface area contributed by atoms with Crippen LogP contribution in [0.1, 0.15) is 12.8 Å². The molecule has 0 aromatic heterocycles. The van der Waals surface area contributed by atoms with E-state index in [1.54, 1.807) is 6.08 Å². The van der Waals surface area contributed by atoms with Crippen molar-refractivity contribution >= 4 is 58.0 Å². The normalized spacial score (nSPS) is 27.9. The van der Waals surface area contributed by atoms with Gasteiger partial charge < -0.3 is 0 Å². The molecule has 0 aromatic rings. The van der Waals surface area contributed by atoms with Crippen molar-refractivity contribution in [2.24, 2.45) is 0 Å². The molecule has 1 aliphatic rings. The molecule has 0 bridgehead atoms. The van der Waals surface area contributed by atoms with Crippen LogP contribution < -0.4 is 0 Å². The fourth-order valence-electron chi connectivity index (χ4n) is 0.986. The van der Waals surface area contributed by atoms with Gasteiger partial charge in [-0.05, 0) is 6.08 Å². The van der Waals surface area contributed by atoms with Crippen molar-refractivity contribution in [3.8, 4) is 0 Å². The summed E-state index contributed by atoms with van der Waals surface area (Å²) in [6.07, 6.45) is 2.25. The maximum atomic E-state index is 5.82. The van der Waals surface area contributed by atoms with Crippen LogP contribution in [0, 0.1) is 0 Å². The molecular weight excluding hydrogens is 249 g/mol. The second-order valence-electron chi connectivity index (χ2n) is 2.56. The summed E-state index contributed by atoms with van der Waals surface area (Å²) in [5.41, 5.74) is 0. The smallest absolute Gasteiger partial charge is 0.101 e. The maximum absolute atomic E-state index is 5.82. The summed E-state index contributed by atoms with van der Waals surface area (Å²) >= 11 is 28.9. The highest BCUT2D eigenvalue weighted by atomic mass is 35.5. The number of rotatable bonds is 0. The average Bonchev–Trinajstić information content (AvgIpc) is 1.49. The number of alkyl halides is 4. The predicted molar refractivity (Wildman–Crippen MR) is 52.0 cm³/mol. The standard InChI is InChI=1S/C6H5Cl5/c7-4-1-5(8,9)3-6(10,11)2-4/h1H,2-3H2. The fourth-order valence-corrected chi connectivity index (χ4v) is 3.35. The van der Waals surface area contributed by atoms with Gasteiger partial charge in [0.2, 0.25) is 0 Å². The molecule has 0 N–H and O–H groups in total. The molecule has 0 aromatic carbocycles. The third kappa shape index (κ3) is 3.20. The Morgan fingerprint density at radius 1 is 1.18 bits per heavy atom. The van der Waals surface area contributed by atoms with Gasteiger partial charge in [-0.2, -0.15) is 0 Å². The Hall–Kier alpha value is 1.19. The lowest BCUT2D eigenvalue weighted by molar-refractivity contribution is 0.649. The molecule has 0 saturated carbocycles. The van der Waals surface area contributed by atoms with Crippen molar-refractivity contribution in [1.29, 1.82) is 0 Å². The summed E-state index contributed by atoms with van der Waals surface area (Å²) in [7, 11) is 0. The number of allylic oxidation sites excluding steroid dienone is 2. The van der Waals surface area contributed by atoms with Crippen LogP contribution in [0.5, 0.6) is 0 Å². The van der Waals surface area contributed by atoms with Gasteiger partial charge in [-0.3, -0.25) is 0 Å². The van der Waals surface area contributed by atoms with E-state index in [-0.39, 0.29) is 0 Å². The van der Waals surface area contributed by atoms with Crippen LogP contribution in [0.4, 0.5) is 0 Å². The molecule has 0 nitrogen and oxygen atoms in total. The van der Waals surface area contributed by atoms with Crippen LogP contribution in [-0.2, 0) is 0 Å². The molecule has 64 valence electrons. The van der Waals surface area contributed by atoms with Gasteiger partial charge in [-0.15, -0.1) is 23.2 Å². The molecule has 11 heavy (non-hydrogen) atoms. The zero-order valence-electron chi connectivity index (χ0n) is 5.38. The quantitative estimate of drug-likeness (QED) is 0.567. The van der Waals surface area contributed by atoms with Crippen molar-refractivity contribution in [1.82, 2.24) is 0 Å². The number of halogens is 5. The maximum Gasteiger partial charge on any atom is 0.140 e. The minimum atomic E-state index is -1.03. The van der Waals surface area contributed by atoms with E-state index in [9.17, 15) is 0 Å². The van der Waals surface area contributed by atoms with Gasteiger partial charge in [-0.25, -0.2) is 0 Å². The van der Waals surface area contributed by atoms with E-state index in [2.05, 4.69) is 0 Å². The molecule has 0 amide bonds. The highest BCUT2D eigenvalue weighted by Gasteiger charge is 2.39. The second-order valence-corrected chi connectivity index (χ2v) is 6.23. The van der Waals surface area contributed by atoms with Crippen molar-refractivity contribution in [2.75, 3.05) is 0 Å². The van der Waals surface area contributed by atoms with Gasteiger partial charge in [0.1, 0.15) is 8.67 Å². The molecule has 0 radical (unpaired) electrons. The van der Waals surface area contributed by atoms with E-state index in [1.165, 1.54) is 0 Å². The average molecular weight is 254 g/mol. The Morgan fingerprint density at radius 2 is 1.73 bits per heavy atom. The molecule has 0 aliphatic heterocycles. The highest BCUT2D eigenvalue weighted by Crippen LogP contribution is 2.47. The molecule has 0 spiro atoms. The van der Waals surface area contributed by atoms with Crippen LogP contribution in [-0.4, -0.2) is 8.67 Å². The van der Waals surface area contributed by atoms with E-state index in [1.807, 2.05) is 0 Å². The molecule has 0 atom stereocenters. The molecule has 0 saturated heterocycles. The van der Waals surface area contributed by atoms with E-state index < -0.39 is 8.67 Å². The third-order valence-electron chi connectivity index (χ3n) is 1.29. The summed E-state index contributed by atoms with van der Waals surface area (Å²) in [6, 6.07) is 0.